The highest BCUT2D eigenvalue weighted by Gasteiger charge is 2.33. The molecule has 0 aliphatic carbocycles. The fourth-order valence-corrected chi connectivity index (χ4v) is 4.21. The first-order valence-electron chi connectivity index (χ1n) is 9.03. The number of alkyl halides is 3. The van der Waals surface area contributed by atoms with Crippen molar-refractivity contribution in [3.63, 3.8) is 0 Å². The van der Waals surface area contributed by atoms with E-state index in [0.717, 1.165) is 36.4 Å². The summed E-state index contributed by atoms with van der Waals surface area (Å²) in [6, 6.07) is 10.5. The molecular weight excluding hydrogens is 522 g/mol. The Morgan fingerprint density at radius 3 is 2.09 bits per heavy atom. The predicted molar refractivity (Wildman–Crippen MR) is 120 cm³/mol. The summed E-state index contributed by atoms with van der Waals surface area (Å²) < 4.78 is 66.2. The van der Waals surface area contributed by atoms with E-state index in [1.165, 1.54) is 18.2 Å². The second-order valence-corrected chi connectivity index (χ2v) is 9.19. The van der Waals surface area contributed by atoms with Crippen LogP contribution in [0.15, 0.2) is 65.6 Å². The lowest BCUT2D eigenvalue weighted by atomic mass is 10.2. The molecule has 3 aromatic carbocycles. The van der Waals surface area contributed by atoms with Gasteiger partial charge in [0.1, 0.15) is 0 Å². The molecule has 0 radical (unpaired) electrons. The van der Waals surface area contributed by atoms with E-state index >= 15 is 0 Å². The highest BCUT2D eigenvalue weighted by Crippen LogP contribution is 2.36. The maximum Gasteiger partial charge on any atom is 0.417 e. The topological polar surface area (TPSA) is 118 Å². The molecule has 178 valence electrons. The van der Waals surface area contributed by atoms with E-state index in [2.05, 4.69) is 5.32 Å². The number of carbonyl (C=O) groups excluding carboxylic acids is 1. The molecule has 0 saturated carbocycles. The number of carbonyl (C=O) groups is 1. The highest BCUT2D eigenvalue weighted by atomic mass is 35.5. The van der Waals surface area contributed by atoms with Crippen molar-refractivity contribution in [2.45, 2.75) is 11.1 Å². The Kier molecular flexibility index (Phi) is 7.05. The van der Waals surface area contributed by atoms with E-state index in [1.54, 1.807) is 0 Å². The highest BCUT2D eigenvalue weighted by molar-refractivity contribution is 7.92. The number of nitrogens with zero attached hydrogens (tertiary/aromatic N) is 1. The maximum atomic E-state index is 13.0. The molecule has 8 nitrogen and oxygen atoms in total. The first-order valence-corrected chi connectivity index (χ1v) is 11.3. The van der Waals surface area contributed by atoms with Crippen molar-refractivity contribution in [1.82, 2.24) is 0 Å². The summed E-state index contributed by atoms with van der Waals surface area (Å²) in [5.74, 6) is -0.775. The van der Waals surface area contributed by atoms with E-state index in [0.29, 0.717) is 6.07 Å². The van der Waals surface area contributed by atoms with Crippen LogP contribution in [0.4, 0.5) is 30.2 Å². The number of nitro groups is 1. The number of non-ortho nitro benzene ring substituents is 1. The third-order valence-corrected chi connectivity index (χ3v) is 6.41. The van der Waals surface area contributed by atoms with Crippen molar-refractivity contribution < 1.29 is 31.3 Å². The number of halogens is 5. The lowest BCUT2D eigenvalue weighted by molar-refractivity contribution is -0.384. The number of nitrogens with one attached hydrogen (secondary N) is 2. The van der Waals surface area contributed by atoms with Crippen LogP contribution in [-0.4, -0.2) is 19.2 Å². The van der Waals surface area contributed by atoms with Crippen LogP contribution in [0, 0.1) is 10.1 Å². The second kappa shape index (κ2) is 9.49. The minimum atomic E-state index is -4.78. The van der Waals surface area contributed by atoms with E-state index in [1.807, 2.05) is 4.72 Å². The van der Waals surface area contributed by atoms with Gasteiger partial charge in [0.25, 0.3) is 21.6 Å². The molecule has 0 unspecified atom stereocenters. The Morgan fingerprint density at radius 2 is 1.50 bits per heavy atom. The summed E-state index contributed by atoms with van der Waals surface area (Å²) >= 11 is 11.5. The van der Waals surface area contributed by atoms with Gasteiger partial charge in [0.15, 0.2) is 0 Å². The van der Waals surface area contributed by atoms with Crippen molar-refractivity contribution in [1.29, 1.82) is 0 Å². The number of rotatable bonds is 6. The molecule has 1 amide bonds. The summed E-state index contributed by atoms with van der Waals surface area (Å²) in [4.78, 5) is 22.3. The SMILES string of the molecule is O=C(Nc1ccc(S(=O)(=O)Nc2ccc(Cl)c(C(F)(F)F)c2)cc1)c1cc([N+](=O)[O-])ccc1Cl. The quantitative estimate of drug-likeness (QED) is 0.298. The summed E-state index contributed by atoms with van der Waals surface area (Å²) in [6.07, 6.45) is -4.78. The third kappa shape index (κ3) is 5.76. The summed E-state index contributed by atoms with van der Waals surface area (Å²) in [5, 5.41) is 12.7. The second-order valence-electron chi connectivity index (χ2n) is 6.70. The molecule has 0 bridgehead atoms. The van der Waals surface area contributed by atoms with Crippen LogP contribution in [0.1, 0.15) is 15.9 Å². The number of amides is 1. The molecule has 0 fully saturated rings. The van der Waals surface area contributed by atoms with E-state index < -0.39 is 37.6 Å². The smallest absolute Gasteiger partial charge is 0.322 e. The van der Waals surface area contributed by atoms with Gasteiger partial charge in [-0.25, -0.2) is 8.42 Å². The lowest BCUT2D eigenvalue weighted by Gasteiger charge is -2.13. The predicted octanol–water partition coefficient (Wildman–Crippen LogP) is 5.97. The molecule has 2 N–H and O–H groups in total. The summed E-state index contributed by atoms with van der Waals surface area (Å²) in [5.41, 5.74) is -1.94. The molecule has 0 saturated heterocycles. The number of hydrogen-bond donors (Lipinski definition) is 2. The van der Waals surface area contributed by atoms with Crippen LogP contribution in [-0.2, 0) is 16.2 Å². The Morgan fingerprint density at radius 1 is 0.912 bits per heavy atom. The van der Waals surface area contributed by atoms with E-state index in [9.17, 15) is 36.5 Å². The number of benzene rings is 3. The first-order chi connectivity index (χ1) is 15.8. The van der Waals surface area contributed by atoms with Gasteiger partial charge in [0.05, 0.1) is 31.0 Å². The largest absolute Gasteiger partial charge is 0.417 e. The van der Waals surface area contributed by atoms with Crippen molar-refractivity contribution in [3.05, 3.63) is 92.0 Å². The molecule has 0 aliphatic rings. The minimum absolute atomic E-state index is 0.0345. The monoisotopic (exact) mass is 533 g/mol. The van der Waals surface area contributed by atoms with Gasteiger partial charge in [0.2, 0.25) is 0 Å². The average molecular weight is 534 g/mol. The molecule has 0 aromatic heterocycles. The zero-order chi connectivity index (χ0) is 25.3. The van der Waals surface area contributed by atoms with Crippen LogP contribution < -0.4 is 10.0 Å². The van der Waals surface area contributed by atoms with Gasteiger partial charge >= 0.3 is 6.18 Å². The number of anilines is 2. The van der Waals surface area contributed by atoms with Crippen LogP contribution in [0.5, 0.6) is 0 Å². The number of nitro benzene ring substituents is 1. The maximum absolute atomic E-state index is 13.0. The standard InChI is InChI=1S/C20H12Cl2F3N3O5S/c21-17-8-4-13(28(30)31)10-15(17)19(29)26-11-1-5-14(6-2-11)34(32,33)27-12-3-7-18(22)16(9-12)20(23,24)25/h1-10,27H,(H,26,29). The molecule has 3 aromatic rings. The molecule has 14 heteroatoms. The van der Waals surface area contributed by atoms with Crippen molar-refractivity contribution in [2.24, 2.45) is 0 Å². The van der Waals surface area contributed by atoms with Gasteiger partial charge in [-0.1, -0.05) is 23.2 Å². The molecule has 3 rings (SSSR count). The van der Waals surface area contributed by atoms with Gasteiger partial charge in [-0.2, -0.15) is 13.2 Å². The zero-order valence-electron chi connectivity index (χ0n) is 16.6. The van der Waals surface area contributed by atoms with Gasteiger partial charge < -0.3 is 5.32 Å². The molecule has 34 heavy (non-hydrogen) atoms. The van der Waals surface area contributed by atoms with Gasteiger partial charge in [-0.15, -0.1) is 0 Å². The molecular formula is C20H12Cl2F3N3O5S. The fourth-order valence-electron chi connectivity index (χ4n) is 2.74. The molecule has 0 atom stereocenters. The van der Waals surface area contributed by atoms with Crippen molar-refractivity contribution in [3.8, 4) is 0 Å². The Bertz CT molecular complexity index is 1380. The van der Waals surface area contributed by atoms with E-state index in [4.69, 9.17) is 23.2 Å². The van der Waals surface area contributed by atoms with Crippen molar-refractivity contribution >= 4 is 56.2 Å². The van der Waals surface area contributed by atoms with Gasteiger partial charge in [-0.3, -0.25) is 19.6 Å². The van der Waals surface area contributed by atoms with Crippen LogP contribution in [0.3, 0.4) is 0 Å². The Balaban J connectivity index is 1.78. The van der Waals surface area contributed by atoms with Crippen LogP contribution in [0.2, 0.25) is 10.0 Å². The number of hydrogen-bond acceptors (Lipinski definition) is 5. The number of sulfonamides is 1. The summed E-state index contributed by atoms with van der Waals surface area (Å²) in [6.45, 7) is 0. The van der Waals surface area contributed by atoms with Crippen LogP contribution in [0.25, 0.3) is 0 Å². The van der Waals surface area contributed by atoms with Gasteiger partial charge in [0, 0.05) is 23.5 Å². The minimum Gasteiger partial charge on any atom is -0.322 e. The normalized spacial score (nSPS) is 11.7. The van der Waals surface area contributed by atoms with Crippen molar-refractivity contribution in [2.75, 3.05) is 10.0 Å². The zero-order valence-corrected chi connectivity index (χ0v) is 18.9. The third-order valence-electron chi connectivity index (χ3n) is 4.35. The molecule has 0 heterocycles. The average Bonchev–Trinajstić information content (AvgIpc) is 2.74. The fraction of sp³-hybridized carbons (Fsp3) is 0.0500. The Hall–Kier alpha value is -3.35. The first kappa shape index (κ1) is 25.3. The summed E-state index contributed by atoms with van der Waals surface area (Å²) in [7, 11) is -4.28. The molecule has 0 spiro atoms. The molecule has 0 aliphatic heterocycles. The van der Waals surface area contributed by atoms with Gasteiger partial charge in [-0.05, 0) is 48.5 Å². The lowest BCUT2D eigenvalue weighted by Crippen LogP contribution is -2.15. The van der Waals surface area contributed by atoms with Crippen LogP contribution >= 0.6 is 23.2 Å². The Labute approximate surface area is 200 Å². The van der Waals surface area contributed by atoms with E-state index in [-0.39, 0.29) is 32.5 Å².